The first-order chi connectivity index (χ1) is 16.5. The van der Waals surface area contributed by atoms with Gasteiger partial charge in [0.15, 0.2) is 11.5 Å². The summed E-state index contributed by atoms with van der Waals surface area (Å²) >= 11 is 0. The van der Waals surface area contributed by atoms with Gasteiger partial charge in [0.05, 0.1) is 14.2 Å². The molecule has 0 spiro atoms. The summed E-state index contributed by atoms with van der Waals surface area (Å²) in [5, 5.41) is 5.93. The van der Waals surface area contributed by atoms with Gasteiger partial charge >= 0.3 is 6.03 Å². The number of urea groups is 1. The molecule has 1 aliphatic heterocycles. The predicted molar refractivity (Wildman–Crippen MR) is 130 cm³/mol. The fraction of sp³-hybridized carbons (Fsp3) is 0.519. The maximum absolute atomic E-state index is 13.5. The summed E-state index contributed by atoms with van der Waals surface area (Å²) in [6.45, 7) is 2.22. The second-order valence-corrected chi connectivity index (χ2v) is 10.0. The zero-order valence-electron chi connectivity index (χ0n) is 20.0. The van der Waals surface area contributed by atoms with E-state index < -0.39 is 0 Å². The molecule has 3 atom stereocenters. The topological polar surface area (TPSA) is 62.8 Å². The molecule has 1 heterocycles. The van der Waals surface area contributed by atoms with Gasteiger partial charge in [-0.25, -0.2) is 9.18 Å². The van der Waals surface area contributed by atoms with Crippen molar-refractivity contribution < 1.29 is 18.7 Å². The van der Waals surface area contributed by atoms with E-state index in [1.807, 2.05) is 6.07 Å². The number of nitrogens with one attached hydrogen (secondary N) is 2. The number of fused-ring (bicyclic) bond motifs is 1. The molecule has 0 radical (unpaired) electrons. The number of anilines is 1. The highest BCUT2D eigenvalue weighted by Gasteiger charge is 2.52. The molecule has 2 aliphatic carbocycles. The highest BCUT2D eigenvalue weighted by molar-refractivity contribution is 5.89. The maximum Gasteiger partial charge on any atom is 0.319 e. The number of hydrogen-bond acceptors (Lipinski definition) is 4. The standard InChI is InChI=1S/C27H34FN3O3/c1-33-23-9-8-19(14-24(23)34-2)27-11-10-22(16-25(27)31(13-12-27)17-18-6-7-18)30-26(32)29-21-5-3-4-20(28)15-21/h3-5,8-9,14-15,18,22,25H,6-7,10-13,16-17H2,1-2H3,(H2,29,30,32). The summed E-state index contributed by atoms with van der Waals surface area (Å²) in [6.07, 6.45) is 6.56. The zero-order chi connectivity index (χ0) is 23.7. The summed E-state index contributed by atoms with van der Waals surface area (Å²) in [5.74, 6) is 1.96. The van der Waals surface area contributed by atoms with Crippen LogP contribution in [0.1, 0.15) is 44.1 Å². The van der Waals surface area contributed by atoms with Crippen molar-refractivity contribution in [1.82, 2.24) is 10.2 Å². The largest absolute Gasteiger partial charge is 0.493 e. The Morgan fingerprint density at radius 2 is 1.91 bits per heavy atom. The number of likely N-dealkylation sites (tertiary alicyclic amines) is 1. The van der Waals surface area contributed by atoms with Gasteiger partial charge in [-0.05, 0) is 86.9 Å². The van der Waals surface area contributed by atoms with Crippen molar-refractivity contribution in [2.75, 3.05) is 32.6 Å². The average Bonchev–Trinajstić information content (AvgIpc) is 3.58. The van der Waals surface area contributed by atoms with Gasteiger partial charge in [-0.15, -0.1) is 0 Å². The lowest BCUT2D eigenvalue weighted by Crippen LogP contribution is -2.53. The Morgan fingerprint density at radius 1 is 1.09 bits per heavy atom. The molecule has 3 fully saturated rings. The minimum Gasteiger partial charge on any atom is -0.493 e. The Bertz CT molecular complexity index is 1040. The number of hydrogen-bond donors (Lipinski definition) is 2. The monoisotopic (exact) mass is 467 g/mol. The van der Waals surface area contributed by atoms with Crippen LogP contribution in [0.3, 0.4) is 0 Å². The minimum absolute atomic E-state index is 0.0473. The van der Waals surface area contributed by atoms with Gasteiger partial charge in [0.25, 0.3) is 0 Å². The van der Waals surface area contributed by atoms with Crippen molar-refractivity contribution >= 4 is 11.7 Å². The van der Waals surface area contributed by atoms with Crippen LogP contribution in [0.5, 0.6) is 11.5 Å². The van der Waals surface area contributed by atoms with Crippen LogP contribution in [-0.2, 0) is 5.41 Å². The van der Waals surface area contributed by atoms with Gasteiger partial charge in [-0.3, -0.25) is 4.90 Å². The molecule has 5 rings (SSSR count). The van der Waals surface area contributed by atoms with E-state index in [1.54, 1.807) is 26.4 Å². The van der Waals surface area contributed by atoms with Crippen LogP contribution in [0.4, 0.5) is 14.9 Å². The van der Waals surface area contributed by atoms with Crippen molar-refractivity contribution in [1.29, 1.82) is 0 Å². The lowest BCUT2D eigenvalue weighted by atomic mass is 9.65. The maximum atomic E-state index is 13.5. The van der Waals surface area contributed by atoms with Crippen LogP contribution in [0, 0.1) is 11.7 Å². The van der Waals surface area contributed by atoms with Crippen LogP contribution in [0.25, 0.3) is 0 Å². The molecule has 2 amide bonds. The summed E-state index contributed by atoms with van der Waals surface area (Å²) in [5.41, 5.74) is 1.81. The normalized spacial score (nSPS) is 26.6. The summed E-state index contributed by atoms with van der Waals surface area (Å²) in [4.78, 5) is 15.3. The zero-order valence-corrected chi connectivity index (χ0v) is 20.0. The third-order valence-electron chi connectivity index (χ3n) is 7.94. The van der Waals surface area contributed by atoms with E-state index in [1.165, 1.54) is 30.5 Å². The fourth-order valence-electron chi connectivity index (χ4n) is 6.03. The van der Waals surface area contributed by atoms with Gasteiger partial charge in [0, 0.05) is 29.7 Å². The highest BCUT2D eigenvalue weighted by Crippen LogP contribution is 2.51. The number of ether oxygens (including phenoxy) is 2. The van der Waals surface area contributed by atoms with E-state index in [2.05, 4.69) is 27.7 Å². The molecule has 3 aliphatic rings. The number of amides is 2. The average molecular weight is 468 g/mol. The van der Waals surface area contributed by atoms with Crippen LogP contribution < -0.4 is 20.1 Å². The number of rotatable bonds is 7. The van der Waals surface area contributed by atoms with E-state index >= 15 is 0 Å². The van der Waals surface area contributed by atoms with E-state index in [0.717, 1.165) is 56.2 Å². The van der Waals surface area contributed by atoms with Crippen LogP contribution in [-0.4, -0.2) is 50.3 Å². The van der Waals surface area contributed by atoms with Gasteiger partial charge in [-0.2, -0.15) is 0 Å². The molecule has 0 bridgehead atoms. The second kappa shape index (κ2) is 9.45. The molecule has 34 heavy (non-hydrogen) atoms. The first-order valence-corrected chi connectivity index (χ1v) is 12.3. The molecule has 1 saturated heterocycles. The number of halogens is 1. The Kier molecular flexibility index (Phi) is 6.38. The molecule has 2 N–H and O–H groups in total. The fourth-order valence-corrected chi connectivity index (χ4v) is 6.03. The van der Waals surface area contributed by atoms with Gasteiger partial charge < -0.3 is 20.1 Å². The van der Waals surface area contributed by atoms with Crippen LogP contribution >= 0.6 is 0 Å². The highest BCUT2D eigenvalue weighted by atomic mass is 19.1. The van der Waals surface area contributed by atoms with Gasteiger partial charge in [0.2, 0.25) is 0 Å². The quantitative estimate of drug-likeness (QED) is 0.606. The lowest BCUT2D eigenvalue weighted by molar-refractivity contribution is 0.132. The van der Waals surface area contributed by atoms with Gasteiger partial charge in [0.1, 0.15) is 5.82 Å². The Balaban J connectivity index is 1.34. The molecule has 0 aromatic heterocycles. The third kappa shape index (κ3) is 4.58. The van der Waals surface area contributed by atoms with E-state index in [-0.39, 0.29) is 23.3 Å². The molecular weight excluding hydrogens is 433 g/mol. The summed E-state index contributed by atoms with van der Waals surface area (Å²) in [7, 11) is 3.35. The molecule has 3 unspecified atom stereocenters. The second-order valence-electron chi connectivity index (χ2n) is 10.0. The minimum atomic E-state index is -0.364. The number of carbonyl (C=O) groups excluding carboxylic acids is 1. The van der Waals surface area contributed by atoms with Crippen molar-refractivity contribution in [2.45, 2.75) is 56.0 Å². The van der Waals surface area contributed by atoms with Crippen LogP contribution in [0.2, 0.25) is 0 Å². The Hall–Kier alpha value is -2.80. The lowest BCUT2D eigenvalue weighted by Gasteiger charge is -2.45. The van der Waals surface area contributed by atoms with E-state index in [9.17, 15) is 9.18 Å². The smallest absolute Gasteiger partial charge is 0.319 e. The van der Waals surface area contributed by atoms with Crippen molar-refractivity contribution in [3.8, 4) is 11.5 Å². The van der Waals surface area contributed by atoms with E-state index in [0.29, 0.717) is 11.7 Å². The molecule has 182 valence electrons. The van der Waals surface area contributed by atoms with Crippen molar-refractivity contribution in [2.24, 2.45) is 5.92 Å². The van der Waals surface area contributed by atoms with Gasteiger partial charge in [-0.1, -0.05) is 12.1 Å². The first-order valence-electron chi connectivity index (χ1n) is 12.3. The molecular formula is C27H34FN3O3. The molecule has 7 heteroatoms. The third-order valence-corrected chi connectivity index (χ3v) is 7.94. The number of nitrogens with zero attached hydrogens (tertiary/aromatic N) is 1. The summed E-state index contributed by atoms with van der Waals surface area (Å²) < 4.78 is 24.6. The summed E-state index contributed by atoms with van der Waals surface area (Å²) in [6, 6.07) is 12.5. The number of benzene rings is 2. The molecule has 2 aromatic carbocycles. The number of carbonyl (C=O) groups is 1. The molecule has 2 aromatic rings. The first kappa shape index (κ1) is 23.0. The Morgan fingerprint density at radius 3 is 2.65 bits per heavy atom. The predicted octanol–water partition coefficient (Wildman–Crippen LogP) is 4.94. The Labute approximate surface area is 200 Å². The van der Waals surface area contributed by atoms with Crippen LogP contribution in [0.15, 0.2) is 42.5 Å². The molecule has 6 nitrogen and oxygen atoms in total. The van der Waals surface area contributed by atoms with Crippen molar-refractivity contribution in [3.63, 3.8) is 0 Å². The van der Waals surface area contributed by atoms with Crippen molar-refractivity contribution in [3.05, 3.63) is 53.8 Å². The SMILES string of the molecule is COc1ccc(C23CCC(NC(=O)Nc4cccc(F)c4)CC2N(CC2CC2)CC3)cc1OC. The molecule has 2 saturated carbocycles. The number of methoxy groups -OCH3 is 2. The van der Waals surface area contributed by atoms with E-state index in [4.69, 9.17) is 9.47 Å².